The molecule has 0 N–H and O–H groups in total. The van der Waals surface area contributed by atoms with E-state index in [1.54, 1.807) is 0 Å². The number of carbonyl (C=O) groups excluding carboxylic acids is 1. The van der Waals surface area contributed by atoms with Crippen LogP contribution in [0.5, 0.6) is 0 Å². The second-order valence-electron chi connectivity index (χ2n) is 4.20. The van der Waals surface area contributed by atoms with Gasteiger partial charge in [0, 0.05) is 24.8 Å². The Morgan fingerprint density at radius 3 is 2.53 bits per heavy atom. The van der Waals surface area contributed by atoms with Crippen LogP contribution in [0, 0.1) is 0 Å². The Morgan fingerprint density at radius 2 is 2.00 bits per heavy atom. The first-order chi connectivity index (χ1) is 7.07. The van der Waals surface area contributed by atoms with Gasteiger partial charge in [0.1, 0.15) is 0 Å². The minimum atomic E-state index is 0.291. The van der Waals surface area contributed by atoms with Gasteiger partial charge in [0.25, 0.3) is 0 Å². The molecule has 0 spiro atoms. The Labute approximate surface area is 103 Å². The summed E-state index contributed by atoms with van der Waals surface area (Å²) in [5.41, 5.74) is 0. The molecule has 0 rings (SSSR count). The van der Waals surface area contributed by atoms with Gasteiger partial charge in [-0.3, -0.25) is 4.79 Å². The Kier molecular flexibility index (Phi) is 9.17. The van der Waals surface area contributed by atoms with Crippen LogP contribution in [0.3, 0.4) is 0 Å². The average molecular weight is 278 g/mol. The summed E-state index contributed by atoms with van der Waals surface area (Å²) in [5.74, 6) is 0.291. The molecule has 0 aliphatic heterocycles. The second-order valence-corrected chi connectivity index (χ2v) is 5.76. The van der Waals surface area contributed by atoms with E-state index in [1.807, 2.05) is 11.9 Å². The third kappa shape index (κ3) is 8.91. The van der Waals surface area contributed by atoms with Crippen LogP contribution >= 0.6 is 15.9 Å². The summed E-state index contributed by atoms with van der Waals surface area (Å²) in [6.45, 7) is 5.16. The second kappa shape index (κ2) is 9.20. The number of carbonyl (C=O) groups is 1. The van der Waals surface area contributed by atoms with Crippen molar-refractivity contribution in [3.63, 3.8) is 0 Å². The first-order valence-electron chi connectivity index (χ1n) is 5.96. The molecule has 1 atom stereocenters. The highest BCUT2D eigenvalue weighted by molar-refractivity contribution is 9.09. The monoisotopic (exact) mass is 277 g/mol. The minimum Gasteiger partial charge on any atom is -0.346 e. The van der Waals surface area contributed by atoms with E-state index in [0.29, 0.717) is 17.2 Å². The molecule has 0 aliphatic carbocycles. The summed E-state index contributed by atoms with van der Waals surface area (Å²) in [5, 5.41) is 0. The van der Waals surface area contributed by atoms with Gasteiger partial charge in [-0.1, -0.05) is 49.0 Å². The number of rotatable bonds is 8. The molecular formula is C12H24BrNO. The van der Waals surface area contributed by atoms with E-state index in [4.69, 9.17) is 0 Å². The van der Waals surface area contributed by atoms with Crippen LogP contribution in [0.25, 0.3) is 0 Å². The van der Waals surface area contributed by atoms with Crippen molar-refractivity contribution < 1.29 is 4.79 Å². The molecule has 0 aliphatic rings. The SMILES string of the molecule is CCCCCCC(=O)N(C)CCC(C)Br. The lowest BCUT2D eigenvalue weighted by molar-refractivity contribution is -0.130. The van der Waals surface area contributed by atoms with Crippen molar-refractivity contribution in [2.75, 3.05) is 13.6 Å². The lowest BCUT2D eigenvalue weighted by Crippen LogP contribution is -2.28. The van der Waals surface area contributed by atoms with Crippen molar-refractivity contribution >= 4 is 21.8 Å². The minimum absolute atomic E-state index is 0.291. The van der Waals surface area contributed by atoms with Gasteiger partial charge in [0.2, 0.25) is 5.91 Å². The maximum Gasteiger partial charge on any atom is 0.222 e. The van der Waals surface area contributed by atoms with Crippen molar-refractivity contribution in [1.29, 1.82) is 0 Å². The van der Waals surface area contributed by atoms with Gasteiger partial charge < -0.3 is 4.90 Å². The van der Waals surface area contributed by atoms with Gasteiger partial charge in [-0.15, -0.1) is 0 Å². The third-order valence-corrected chi connectivity index (χ3v) is 2.99. The molecule has 15 heavy (non-hydrogen) atoms. The highest BCUT2D eigenvalue weighted by atomic mass is 79.9. The highest BCUT2D eigenvalue weighted by Crippen LogP contribution is 2.07. The van der Waals surface area contributed by atoms with E-state index in [1.165, 1.54) is 19.3 Å². The van der Waals surface area contributed by atoms with E-state index in [2.05, 4.69) is 29.8 Å². The number of alkyl halides is 1. The summed E-state index contributed by atoms with van der Waals surface area (Å²) in [6, 6.07) is 0. The van der Waals surface area contributed by atoms with Crippen molar-refractivity contribution in [3.05, 3.63) is 0 Å². The van der Waals surface area contributed by atoms with Crippen LogP contribution < -0.4 is 0 Å². The molecule has 1 unspecified atom stereocenters. The number of unbranched alkanes of at least 4 members (excludes halogenated alkanes) is 3. The van der Waals surface area contributed by atoms with Crippen molar-refractivity contribution in [2.24, 2.45) is 0 Å². The van der Waals surface area contributed by atoms with Gasteiger partial charge in [0.15, 0.2) is 0 Å². The lowest BCUT2D eigenvalue weighted by atomic mass is 10.1. The average Bonchev–Trinajstić information content (AvgIpc) is 2.20. The molecule has 0 saturated carbocycles. The predicted octanol–water partition coefficient (Wildman–Crippen LogP) is 3.59. The van der Waals surface area contributed by atoms with Crippen LogP contribution in [-0.2, 0) is 4.79 Å². The fourth-order valence-electron chi connectivity index (χ4n) is 1.39. The molecule has 0 heterocycles. The zero-order chi connectivity index (χ0) is 11.7. The van der Waals surface area contributed by atoms with Gasteiger partial charge in [-0.05, 0) is 12.8 Å². The Bertz CT molecular complexity index is 171. The smallest absolute Gasteiger partial charge is 0.222 e. The maximum atomic E-state index is 11.6. The molecule has 0 radical (unpaired) electrons. The molecule has 0 aromatic rings. The van der Waals surface area contributed by atoms with Gasteiger partial charge in [-0.2, -0.15) is 0 Å². The topological polar surface area (TPSA) is 20.3 Å². The summed E-state index contributed by atoms with van der Waals surface area (Å²) in [7, 11) is 1.90. The molecule has 3 heteroatoms. The highest BCUT2D eigenvalue weighted by Gasteiger charge is 2.08. The molecule has 2 nitrogen and oxygen atoms in total. The van der Waals surface area contributed by atoms with Crippen LogP contribution in [0.15, 0.2) is 0 Å². The van der Waals surface area contributed by atoms with Gasteiger partial charge >= 0.3 is 0 Å². The predicted molar refractivity (Wildman–Crippen MR) is 69.4 cm³/mol. The van der Waals surface area contributed by atoms with Crippen LogP contribution in [0.4, 0.5) is 0 Å². The van der Waals surface area contributed by atoms with Crippen molar-refractivity contribution in [1.82, 2.24) is 4.90 Å². The maximum absolute atomic E-state index is 11.6. The standard InChI is InChI=1S/C12H24BrNO/c1-4-5-6-7-8-12(15)14(3)10-9-11(2)13/h11H,4-10H2,1-3H3. The number of hydrogen-bond donors (Lipinski definition) is 0. The normalized spacial score (nSPS) is 12.5. The molecule has 0 aromatic heterocycles. The number of halogens is 1. The summed E-state index contributed by atoms with van der Waals surface area (Å²) in [6.07, 6.45) is 6.44. The van der Waals surface area contributed by atoms with Crippen molar-refractivity contribution in [3.8, 4) is 0 Å². The van der Waals surface area contributed by atoms with Crippen LogP contribution in [0.1, 0.15) is 52.4 Å². The Morgan fingerprint density at radius 1 is 1.33 bits per heavy atom. The molecular weight excluding hydrogens is 254 g/mol. The molecule has 0 aromatic carbocycles. The van der Waals surface area contributed by atoms with Crippen LogP contribution in [-0.4, -0.2) is 29.2 Å². The number of amides is 1. The van der Waals surface area contributed by atoms with Crippen LogP contribution in [0.2, 0.25) is 0 Å². The zero-order valence-electron chi connectivity index (χ0n) is 10.3. The Balaban J connectivity index is 3.51. The molecule has 1 amide bonds. The first-order valence-corrected chi connectivity index (χ1v) is 6.87. The van der Waals surface area contributed by atoms with Crippen molar-refractivity contribution in [2.45, 2.75) is 57.2 Å². The fraction of sp³-hybridized carbons (Fsp3) is 0.917. The summed E-state index contributed by atoms with van der Waals surface area (Å²) >= 11 is 3.49. The van der Waals surface area contributed by atoms with Gasteiger partial charge in [0.05, 0.1) is 0 Å². The first kappa shape index (κ1) is 14.9. The molecule has 0 fully saturated rings. The largest absolute Gasteiger partial charge is 0.346 e. The van der Waals surface area contributed by atoms with E-state index in [-0.39, 0.29) is 0 Å². The summed E-state index contributed by atoms with van der Waals surface area (Å²) < 4.78 is 0. The van der Waals surface area contributed by atoms with E-state index >= 15 is 0 Å². The summed E-state index contributed by atoms with van der Waals surface area (Å²) in [4.78, 5) is 14.0. The molecule has 90 valence electrons. The number of nitrogens with zero attached hydrogens (tertiary/aromatic N) is 1. The number of hydrogen-bond acceptors (Lipinski definition) is 1. The fourth-order valence-corrected chi connectivity index (χ4v) is 1.59. The van der Waals surface area contributed by atoms with E-state index in [0.717, 1.165) is 19.4 Å². The zero-order valence-corrected chi connectivity index (χ0v) is 11.8. The lowest BCUT2D eigenvalue weighted by Gasteiger charge is -2.17. The van der Waals surface area contributed by atoms with E-state index in [9.17, 15) is 4.79 Å². The third-order valence-electron chi connectivity index (χ3n) is 2.53. The van der Waals surface area contributed by atoms with E-state index < -0.39 is 0 Å². The molecule has 0 saturated heterocycles. The van der Waals surface area contributed by atoms with Gasteiger partial charge in [-0.25, -0.2) is 0 Å². The quantitative estimate of drug-likeness (QED) is 0.491. The Hall–Kier alpha value is -0.0500. The molecule has 0 bridgehead atoms.